The van der Waals surface area contributed by atoms with Crippen LogP contribution in [-0.4, -0.2) is 35.7 Å². The summed E-state index contributed by atoms with van der Waals surface area (Å²) >= 11 is 0. The number of primary amides is 1. The van der Waals surface area contributed by atoms with E-state index in [2.05, 4.69) is 5.01 Å². The summed E-state index contributed by atoms with van der Waals surface area (Å²) in [6.45, 7) is 2.86. The second-order valence-corrected chi connectivity index (χ2v) is 3.32. The number of hydrogen-bond donors (Lipinski definition) is 1. The third kappa shape index (κ3) is 1.07. The highest BCUT2D eigenvalue weighted by Crippen LogP contribution is 2.25. The zero-order valence-electron chi connectivity index (χ0n) is 6.49. The minimum absolute atomic E-state index is 0.297. The molecule has 0 unspecified atom stereocenters. The van der Waals surface area contributed by atoms with Crippen molar-refractivity contribution in [3.8, 4) is 0 Å². The highest BCUT2D eigenvalue weighted by molar-refractivity contribution is 5.71. The monoisotopic (exact) mass is 155 g/mol. The molecular formula is C7H13N3O. The fourth-order valence-corrected chi connectivity index (χ4v) is 1.93. The number of rotatable bonds is 0. The van der Waals surface area contributed by atoms with Crippen LogP contribution in [0.25, 0.3) is 0 Å². The Morgan fingerprint density at radius 3 is 2.27 bits per heavy atom. The van der Waals surface area contributed by atoms with Crippen LogP contribution in [-0.2, 0) is 0 Å². The summed E-state index contributed by atoms with van der Waals surface area (Å²) in [5.74, 6) is 0.701. The van der Waals surface area contributed by atoms with Crippen molar-refractivity contribution in [2.45, 2.75) is 12.8 Å². The summed E-state index contributed by atoms with van der Waals surface area (Å²) in [5, 5.41) is 3.74. The fourth-order valence-electron chi connectivity index (χ4n) is 1.93. The van der Waals surface area contributed by atoms with Crippen molar-refractivity contribution in [2.24, 2.45) is 11.7 Å². The lowest BCUT2D eigenvalue weighted by Crippen LogP contribution is -2.59. The van der Waals surface area contributed by atoms with Gasteiger partial charge in [0.15, 0.2) is 0 Å². The first-order chi connectivity index (χ1) is 5.27. The molecule has 3 aliphatic heterocycles. The largest absolute Gasteiger partial charge is 0.350 e. The molecule has 4 nitrogen and oxygen atoms in total. The molecule has 3 heterocycles. The molecule has 0 aliphatic carbocycles. The molecule has 3 rings (SSSR count). The van der Waals surface area contributed by atoms with Gasteiger partial charge >= 0.3 is 6.03 Å². The summed E-state index contributed by atoms with van der Waals surface area (Å²) in [4.78, 5) is 10.9. The van der Waals surface area contributed by atoms with E-state index in [1.165, 1.54) is 12.8 Å². The van der Waals surface area contributed by atoms with Crippen LogP contribution in [0, 0.1) is 5.92 Å². The molecule has 3 saturated heterocycles. The molecule has 0 radical (unpaired) electrons. The Hall–Kier alpha value is -0.770. The zero-order valence-corrected chi connectivity index (χ0v) is 6.49. The van der Waals surface area contributed by atoms with Gasteiger partial charge in [-0.2, -0.15) is 0 Å². The molecule has 3 fully saturated rings. The summed E-state index contributed by atoms with van der Waals surface area (Å²) in [5.41, 5.74) is 5.20. The topological polar surface area (TPSA) is 49.6 Å². The van der Waals surface area contributed by atoms with Crippen LogP contribution in [0.3, 0.4) is 0 Å². The number of piperidine rings is 1. The summed E-state index contributed by atoms with van der Waals surface area (Å²) < 4.78 is 0. The smallest absolute Gasteiger partial charge is 0.329 e. The Kier molecular flexibility index (Phi) is 1.49. The maximum Gasteiger partial charge on any atom is 0.329 e. The summed E-state index contributed by atoms with van der Waals surface area (Å²) in [6, 6.07) is -0.297. The number of hydrogen-bond acceptors (Lipinski definition) is 2. The van der Waals surface area contributed by atoms with Gasteiger partial charge in [-0.05, 0) is 18.8 Å². The molecule has 2 bridgehead atoms. The predicted molar refractivity (Wildman–Crippen MR) is 40.6 cm³/mol. The summed E-state index contributed by atoms with van der Waals surface area (Å²) in [6.07, 6.45) is 2.45. The molecule has 3 aliphatic rings. The molecule has 0 atom stereocenters. The average molecular weight is 155 g/mol. The molecule has 0 aromatic carbocycles. The molecule has 62 valence electrons. The van der Waals surface area contributed by atoms with E-state index in [0.29, 0.717) is 5.92 Å². The Balaban J connectivity index is 2.08. The number of fused-ring (bicyclic) bond motifs is 3. The molecular weight excluding hydrogens is 142 g/mol. The van der Waals surface area contributed by atoms with Crippen LogP contribution >= 0.6 is 0 Å². The number of amides is 2. The van der Waals surface area contributed by atoms with Crippen molar-refractivity contribution in [3.63, 3.8) is 0 Å². The van der Waals surface area contributed by atoms with E-state index in [-0.39, 0.29) is 6.03 Å². The predicted octanol–water partition coefficient (Wildman–Crippen LogP) is 0.00770. The van der Waals surface area contributed by atoms with Crippen molar-refractivity contribution < 1.29 is 4.79 Å². The normalized spacial score (nSPS) is 35.8. The highest BCUT2D eigenvalue weighted by Gasteiger charge is 2.33. The van der Waals surface area contributed by atoms with Crippen LogP contribution in [0.1, 0.15) is 12.8 Å². The van der Waals surface area contributed by atoms with Crippen LogP contribution in [0.5, 0.6) is 0 Å². The standard InChI is InChI=1S/C7H13N3O/c8-7(11)10-5-6-1-3-9(10)4-2-6/h6H,1-5H2,(H2,8,11). The maximum atomic E-state index is 10.9. The molecule has 0 aromatic heterocycles. The quantitative estimate of drug-likeness (QED) is 0.535. The summed E-state index contributed by atoms with van der Waals surface area (Å²) in [7, 11) is 0. The Morgan fingerprint density at radius 2 is 2.00 bits per heavy atom. The van der Waals surface area contributed by atoms with Crippen molar-refractivity contribution >= 4 is 6.03 Å². The van der Waals surface area contributed by atoms with E-state index in [1.54, 1.807) is 5.01 Å². The van der Waals surface area contributed by atoms with Gasteiger partial charge in [0, 0.05) is 19.6 Å². The van der Waals surface area contributed by atoms with E-state index < -0.39 is 0 Å². The molecule has 2 N–H and O–H groups in total. The second-order valence-electron chi connectivity index (χ2n) is 3.32. The lowest BCUT2D eigenvalue weighted by Gasteiger charge is -2.46. The molecule has 2 amide bonds. The van der Waals surface area contributed by atoms with Crippen molar-refractivity contribution in [3.05, 3.63) is 0 Å². The first-order valence-corrected chi connectivity index (χ1v) is 4.09. The van der Waals surface area contributed by atoms with Crippen LogP contribution in [0.15, 0.2) is 0 Å². The number of nitrogens with zero attached hydrogens (tertiary/aromatic N) is 2. The zero-order chi connectivity index (χ0) is 7.84. The van der Waals surface area contributed by atoms with Crippen molar-refractivity contribution in [1.29, 1.82) is 0 Å². The first kappa shape index (κ1) is 6.91. The number of urea groups is 1. The Morgan fingerprint density at radius 1 is 1.36 bits per heavy atom. The van der Waals surface area contributed by atoms with Crippen LogP contribution < -0.4 is 5.73 Å². The van der Waals surface area contributed by atoms with Crippen LogP contribution in [0.4, 0.5) is 4.79 Å². The number of nitrogens with two attached hydrogens (primary N) is 1. The van der Waals surface area contributed by atoms with E-state index in [9.17, 15) is 4.79 Å². The van der Waals surface area contributed by atoms with Gasteiger partial charge in [-0.3, -0.25) is 5.01 Å². The SMILES string of the molecule is NC(=O)N1CC2CCN1CC2. The van der Waals surface area contributed by atoms with Gasteiger partial charge in [0.25, 0.3) is 0 Å². The molecule has 4 heteroatoms. The third-order valence-corrected chi connectivity index (χ3v) is 2.62. The first-order valence-electron chi connectivity index (χ1n) is 4.09. The fraction of sp³-hybridized carbons (Fsp3) is 0.857. The molecule has 0 spiro atoms. The van der Waals surface area contributed by atoms with Gasteiger partial charge in [-0.15, -0.1) is 0 Å². The van der Waals surface area contributed by atoms with Gasteiger partial charge < -0.3 is 5.73 Å². The Labute approximate surface area is 65.9 Å². The number of carbonyl (C=O) groups is 1. The van der Waals surface area contributed by atoms with Gasteiger partial charge in [0.2, 0.25) is 0 Å². The second kappa shape index (κ2) is 2.37. The van der Waals surface area contributed by atoms with Gasteiger partial charge in [0.05, 0.1) is 0 Å². The number of hydrazine groups is 1. The van der Waals surface area contributed by atoms with Crippen molar-refractivity contribution in [2.75, 3.05) is 19.6 Å². The van der Waals surface area contributed by atoms with Gasteiger partial charge in [-0.1, -0.05) is 0 Å². The molecule has 0 saturated carbocycles. The minimum atomic E-state index is -0.297. The lowest BCUT2D eigenvalue weighted by molar-refractivity contribution is -0.0711. The maximum absolute atomic E-state index is 10.9. The van der Waals surface area contributed by atoms with Gasteiger partial charge in [-0.25, -0.2) is 9.80 Å². The van der Waals surface area contributed by atoms with Crippen LogP contribution in [0.2, 0.25) is 0 Å². The van der Waals surface area contributed by atoms with E-state index in [1.807, 2.05) is 0 Å². The van der Waals surface area contributed by atoms with Gasteiger partial charge in [0.1, 0.15) is 0 Å². The third-order valence-electron chi connectivity index (χ3n) is 2.62. The van der Waals surface area contributed by atoms with E-state index >= 15 is 0 Å². The van der Waals surface area contributed by atoms with Crippen molar-refractivity contribution in [1.82, 2.24) is 10.0 Å². The molecule has 11 heavy (non-hydrogen) atoms. The highest BCUT2D eigenvalue weighted by atomic mass is 16.2. The minimum Gasteiger partial charge on any atom is -0.350 e. The lowest BCUT2D eigenvalue weighted by atomic mass is 9.95. The van der Waals surface area contributed by atoms with E-state index in [0.717, 1.165) is 19.6 Å². The number of carbonyl (C=O) groups excluding carboxylic acids is 1. The van der Waals surface area contributed by atoms with E-state index in [4.69, 9.17) is 5.73 Å². The molecule has 0 aromatic rings. The average Bonchev–Trinajstić information content (AvgIpc) is 2.06. The Bertz CT molecular complexity index is 175.